The van der Waals surface area contributed by atoms with E-state index >= 15 is 0 Å². The highest BCUT2D eigenvalue weighted by atomic mass is 15.0. The number of fused-ring (bicyclic) bond motifs is 7. The zero-order valence-corrected chi connectivity index (χ0v) is 20.0. The second kappa shape index (κ2) is 7.74. The predicted molar refractivity (Wildman–Crippen MR) is 154 cm³/mol. The standard InChI is InChI=1S/C34H21N3/c1-2-8-27-22(6-1)17-19-36-34(27)25-14-16-29-28-9-3-4-10-31(28)37(32(29)20-25)26-15-13-23-11-12-24-7-5-18-35-33(24)30(23)21-26/h1-21H. The molecule has 0 bridgehead atoms. The lowest BCUT2D eigenvalue weighted by Crippen LogP contribution is -1.95. The number of nitrogens with zero attached hydrogens (tertiary/aromatic N) is 3. The van der Waals surface area contributed by atoms with Crippen molar-refractivity contribution in [1.82, 2.24) is 14.5 Å². The maximum absolute atomic E-state index is 4.80. The van der Waals surface area contributed by atoms with Crippen LogP contribution in [0.25, 0.3) is 71.2 Å². The van der Waals surface area contributed by atoms with Crippen LogP contribution >= 0.6 is 0 Å². The molecule has 0 fully saturated rings. The van der Waals surface area contributed by atoms with Gasteiger partial charge < -0.3 is 4.57 Å². The lowest BCUT2D eigenvalue weighted by molar-refractivity contribution is 1.19. The Hall–Kier alpha value is -5.02. The van der Waals surface area contributed by atoms with Crippen LogP contribution in [0.3, 0.4) is 0 Å². The van der Waals surface area contributed by atoms with E-state index in [0.717, 1.165) is 38.6 Å². The maximum atomic E-state index is 4.80. The molecule has 0 atom stereocenters. The lowest BCUT2D eigenvalue weighted by atomic mass is 10.0. The number of para-hydroxylation sites is 1. The minimum atomic E-state index is 1.01. The van der Waals surface area contributed by atoms with Gasteiger partial charge in [0.05, 0.1) is 22.2 Å². The molecular formula is C34H21N3. The van der Waals surface area contributed by atoms with E-state index in [-0.39, 0.29) is 0 Å². The van der Waals surface area contributed by atoms with Gasteiger partial charge in [-0.2, -0.15) is 0 Å². The third-order valence-electron chi connectivity index (χ3n) is 7.45. The zero-order valence-electron chi connectivity index (χ0n) is 20.0. The van der Waals surface area contributed by atoms with E-state index in [1.807, 2.05) is 18.5 Å². The molecule has 0 saturated carbocycles. The summed E-state index contributed by atoms with van der Waals surface area (Å²) in [5, 5.41) is 8.34. The lowest BCUT2D eigenvalue weighted by Gasteiger charge is -2.12. The molecule has 172 valence electrons. The van der Waals surface area contributed by atoms with Gasteiger partial charge in [0.25, 0.3) is 0 Å². The number of pyridine rings is 2. The summed E-state index contributed by atoms with van der Waals surface area (Å²) in [4.78, 5) is 9.52. The highest BCUT2D eigenvalue weighted by Gasteiger charge is 2.15. The highest BCUT2D eigenvalue weighted by Crippen LogP contribution is 2.37. The molecule has 5 aromatic carbocycles. The maximum Gasteiger partial charge on any atom is 0.0781 e. The Balaban J connectivity index is 1.45. The number of rotatable bonds is 2. The Kier molecular flexibility index (Phi) is 4.23. The van der Waals surface area contributed by atoms with Crippen LogP contribution in [-0.4, -0.2) is 14.5 Å². The van der Waals surface area contributed by atoms with Crippen LogP contribution in [0.4, 0.5) is 0 Å². The average molecular weight is 472 g/mol. The molecule has 0 spiro atoms. The van der Waals surface area contributed by atoms with Crippen LogP contribution in [0.5, 0.6) is 0 Å². The number of benzene rings is 5. The first-order valence-corrected chi connectivity index (χ1v) is 12.5. The van der Waals surface area contributed by atoms with Gasteiger partial charge in [-0.15, -0.1) is 0 Å². The van der Waals surface area contributed by atoms with Crippen molar-refractivity contribution in [2.24, 2.45) is 0 Å². The number of hydrogen-bond donors (Lipinski definition) is 0. The summed E-state index contributed by atoms with van der Waals surface area (Å²) in [6.07, 6.45) is 3.78. The molecule has 3 aromatic heterocycles. The quantitative estimate of drug-likeness (QED) is 0.236. The van der Waals surface area contributed by atoms with Crippen LogP contribution < -0.4 is 0 Å². The summed E-state index contributed by atoms with van der Waals surface area (Å²) in [7, 11) is 0. The minimum Gasteiger partial charge on any atom is -0.309 e. The summed E-state index contributed by atoms with van der Waals surface area (Å²) in [5.74, 6) is 0. The first-order chi connectivity index (χ1) is 18.3. The van der Waals surface area contributed by atoms with E-state index in [4.69, 9.17) is 9.97 Å². The largest absolute Gasteiger partial charge is 0.309 e. The monoisotopic (exact) mass is 471 g/mol. The van der Waals surface area contributed by atoms with Crippen LogP contribution in [0.2, 0.25) is 0 Å². The van der Waals surface area contributed by atoms with Gasteiger partial charge >= 0.3 is 0 Å². The van der Waals surface area contributed by atoms with Gasteiger partial charge in [-0.1, -0.05) is 78.9 Å². The van der Waals surface area contributed by atoms with E-state index < -0.39 is 0 Å². The van der Waals surface area contributed by atoms with Crippen molar-refractivity contribution in [3.8, 4) is 16.9 Å². The fraction of sp³-hybridized carbons (Fsp3) is 0. The molecule has 0 aliphatic rings. The Morgan fingerprint density at radius 1 is 0.459 bits per heavy atom. The minimum absolute atomic E-state index is 1.01. The highest BCUT2D eigenvalue weighted by molar-refractivity contribution is 6.12. The van der Waals surface area contributed by atoms with Crippen molar-refractivity contribution < 1.29 is 0 Å². The molecule has 0 aliphatic carbocycles. The topological polar surface area (TPSA) is 30.7 Å². The second-order valence-corrected chi connectivity index (χ2v) is 9.51. The Morgan fingerprint density at radius 2 is 1.22 bits per heavy atom. The van der Waals surface area contributed by atoms with E-state index in [0.29, 0.717) is 0 Å². The van der Waals surface area contributed by atoms with E-state index in [1.54, 1.807) is 0 Å². The molecule has 0 amide bonds. The summed E-state index contributed by atoms with van der Waals surface area (Å²) in [5.41, 5.74) is 6.63. The fourth-order valence-corrected chi connectivity index (χ4v) is 5.74. The van der Waals surface area contributed by atoms with Gasteiger partial charge in [0, 0.05) is 50.6 Å². The molecule has 37 heavy (non-hydrogen) atoms. The second-order valence-electron chi connectivity index (χ2n) is 9.51. The SMILES string of the molecule is c1ccc2c(-c3ccc4c5ccccc5n(-c5ccc6ccc7cccnc7c6c5)c4c3)nccc2c1. The molecule has 0 saturated heterocycles. The third-order valence-corrected chi connectivity index (χ3v) is 7.45. The molecule has 0 N–H and O–H groups in total. The van der Waals surface area contributed by atoms with Crippen molar-refractivity contribution in [1.29, 1.82) is 0 Å². The van der Waals surface area contributed by atoms with Crippen molar-refractivity contribution in [2.45, 2.75) is 0 Å². The van der Waals surface area contributed by atoms with Crippen molar-refractivity contribution >= 4 is 54.3 Å². The van der Waals surface area contributed by atoms with E-state index in [9.17, 15) is 0 Å². The predicted octanol–water partition coefficient (Wildman–Crippen LogP) is 8.70. The van der Waals surface area contributed by atoms with Gasteiger partial charge in [-0.3, -0.25) is 9.97 Å². The molecule has 0 radical (unpaired) electrons. The first-order valence-electron chi connectivity index (χ1n) is 12.5. The van der Waals surface area contributed by atoms with E-state index in [1.165, 1.54) is 32.6 Å². The number of aromatic nitrogens is 3. The van der Waals surface area contributed by atoms with Gasteiger partial charge in [0.1, 0.15) is 0 Å². The molecule has 8 rings (SSSR count). The molecule has 3 heterocycles. The Labute approximate surface area is 213 Å². The fourth-order valence-electron chi connectivity index (χ4n) is 5.74. The molecule has 3 heteroatoms. The van der Waals surface area contributed by atoms with Crippen molar-refractivity contribution in [2.75, 3.05) is 0 Å². The summed E-state index contributed by atoms with van der Waals surface area (Å²) in [6, 6.07) is 41.0. The van der Waals surface area contributed by atoms with Crippen LogP contribution in [0.15, 0.2) is 128 Å². The van der Waals surface area contributed by atoms with Crippen molar-refractivity contribution in [3.63, 3.8) is 0 Å². The first kappa shape index (κ1) is 20.2. The van der Waals surface area contributed by atoms with Crippen LogP contribution in [0, 0.1) is 0 Å². The number of hydrogen-bond acceptors (Lipinski definition) is 2. The molecule has 3 nitrogen and oxygen atoms in total. The Morgan fingerprint density at radius 3 is 2.19 bits per heavy atom. The smallest absolute Gasteiger partial charge is 0.0781 e. The summed E-state index contributed by atoms with van der Waals surface area (Å²) >= 11 is 0. The third kappa shape index (κ3) is 3.01. The summed E-state index contributed by atoms with van der Waals surface area (Å²) in [6.45, 7) is 0. The normalized spacial score (nSPS) is 11.8. The van der Waals surface area contributed by atoms with Crippen molar-refractivity contribution in [3.05, 3.63) is 128 Å². The van der Waals surface area contributed by atoms with Gasteiger partial charge in [-0.25, -0.2) is 0 Å². The van der Waals surface area contributed by atoms with Gasteiger partial charge in [0.15, 0.2) is 0 Å². The van der Waals surface area contributed by atoms with Crippen LogP contribution in [0.1, 0.15) is 0 Å². The molecule has 0 aliphatic heterocycles. The molecular weight excluding hydrogens is 450 g/mol. The summed E-state index contributed by atoms with van der Waals surface area (Å²) < 4.78 is 2.38. The molecule has 0 unspecified atom stereocenters. The average Bonchev–Trinajstić information content (AvgIpc) is 3.30. The zero-order chi connectivity index (χ0) is 24.3. The van der Waals surface area contributed by atoms with E-state index in [2.05, 4.69) is 114 Å². The van der Waals surface area contributed by atoms with Gasteiger partial charge in [-0.05, 0) is 47.2 Å². The van der Waals surface area contributed by atoms with Crippen LogP contribution in [-0.2, 0) is 0 Å². The Bertz CT molecular complexity index is 2150. The van der Waals surface area contributed by atoms with Gasteiger partial charge in [0.2, 0.25) is 0 Å². The molecule has 8 aromatic rings.